The van der Waals surface area contributed by atoms with Crippen molar-refractivity contribution in [2.24, 2.45) is 0 Å². The molecular formula is C10H14N2O3S. The normalized spacial score (nSPS) is 10.1. The lowest BCUT2D eigenvalue weighted by Crippen LogP contribution is -2.04. The Balaban J connectivity index is 2.84. The fourth-order valence-electron chi connectivity index (χ4n) is 1.15. The van der Waals surface area contributed by atoms with Crippen LogP contribution in [-0.4, -0.2) is 28.4 Å². The summed E-state index contributed by atoms with van der Waals surface area (Å²) in [5, 5.41) is 12.4. The number of nitrogens with one attached hydrogen (secondary N) is 1. The van der Waals surface area contributed by atoms with Gasteiger partial charge in [0.15, 0.2) is 16.6 Å². The molecule has 0 aromatic carbocycles. The van der Waals surface area contributed by atoms with Crippen LogP contribution in [0.5, 0.6) is 0 Å². The number of rotatable bonds is 6. The highest BCUT2D eigenvalue weighted by molar-refractivity contribution is 7.17. The Kier molecular flexibility index (Phi) is 4.42. The van der Waals surface area contributed by atoms with Crippen LogP contribution in [0.25, 0.3) is 0 Å². The molecule has 0 atom stereocenters. The van der Waals surface area contributed by atoms with Crippen molar-refractivity contribution < 1.29 is 14.7 Å². The molecule has 0 aliphatic heterocycles. The smallest absolute Gasteiger partial charge is 0.356 e. The molecule has 2 N–H and O–H groups in total. The molecule has 1 heterocycles. The van der Waals surface area contributed by atoms with Gasteiger partial charge in [-0.25, -0.2) is 9.78 Å². The summed E-state index contributed by atoms with van der Waals surface area (Å²) in [7, 11) is 0. The van der Waals surface area contributed by atoms with Gasteiger partial charge in [0.2, 0.25) is 0 Å². The van der Waals surface area contributed by atoms with E-state index in [4.69, 9.17) is 5.11 Å². The maximum absolute atomic E-state index is 11.2. The number of ketones is 1. The van der Waals surface area contributed by atoms with Gasteiger partial charge in [-0.1, -0.05) is 24.7 Å². The van der Waals surface area contributed by atoms with E-state index in [2.05, 4.69) is 17.2 Å². The van der Waals surface area contributed by atoms with Gasteiger partial charge in [0, 0.05) is 13.5 Å². The monoisotopic (exact) mass is 242 g/mol. The first-order valence-corrected chi connectivity index (χ1v) is 5.86. The molecule has 0 saturated carbocycles. The third-order valence-corrected chi connectivity index (χ3v) is 3.07. The number of thiazole rings is 1. The van der Waals surface area contributed by atoms with Crippen LogP contribution in [0, 0.1) is 0 Å². The van der Waals surface area contributed by atoms with Gasteiger partial charge in [0.05, 0.1) is 0 Å². The van der Waals surface area contributed by atoms with Crippen LogP contribution < -0.4 is 5.32 Å². The first-order valence-electron chi connectivity index (χ1n) is 5.05. The first-order chi connectivity index (χ1) is 7.56. The van der Waals surface area contributed by atoms with Crippen LogP contribution in [-0.2, 0) is 0 Å². The van der Waals surface area contributed by atoms with E-state index >= 15 is 0 Å². The van der Waals surface area contributed by atoms with E-state index < -0.39 is 5.97 Å². The standard InChI is InChI=1S/C10H14N2O3S/c1-3-4-5-11-10-12-7(9(14)15)8(16-10)6(2)13/h3-5H2,1-2H3,(H,11,12)(H,14,15). The van der Waals surface area contributed by atoms with Gasteiger partial charge in [-0.2, -0.15) is 0 Å². The lowest BCUT2D eigenvalue weighted by atomic mass is 10.3. The maximum Gasteiger partial charge on any atom is 0.356 e. The molecule has 88 valence electrons. The Hall–Kier alpha value is -1.43. The van der Waals surface area contributed by atoms with E-state index in [-0.39, 0.29) is 16.4 Å². The van der Waals surface area contributed by atoms with E-state index in [1.54, 1.807) is 0 Å². The zero-order valence-electron chi connectivity index (χ0n) is 9.24. The van der Waals surface area contributed by atoms with Gasteiger partial charge >= 0.3 is 5.97 Å². The third kappa shape index (κ3) is 3.03. The number of aromatic nitrogens is 1. The number of carboxylic acid groups (broad SMARTS) is 1. The van der Waals surface area contributed by atoms with E-state index in [1.165, 1.54) is 6.92 Å². The Morgan fingerprint density at radius 3 is 2.62 bits per heavy atom. The average molecular weight is 242 g/mol. The number of carboxylic acids is 1. The molecule has 0 unspecified atom stereocenters. The fraction of sp³-hybridized carbons (Fsp3) is 0.500. The van der Waals surface area contributed by atoms with Crippen LogP contribution in [0.2, 0.25) is 0 Å². The zero-order chi connectivity index (χ0) is 12.1. The largest absolute Gasteiger partial charge is 0.476 e. The molecule has 1 rings (SSSR count). The Morgan fingerprint density at radius 1 is 1.50 bits per heavy atom. The van der Waals surface area contributed by atoms with E-state index in [1.807, 2.05) is 0 Å². The summed E-state index contributed by atoms with van der Waals surface area (Å²) in [5.41, 5.74) is -0.156. The van der Waals surface area contributed by atoms with Gasteiger partial charge in [-0.3, -0.25) is 4.79 Å². The molecule has 16 heavy (non-hydrogen) atoms. The topological polar surface area (TPSA) is 79.3 Å². The summed E-state index contributed by atoms with van der Waals surface area (Å²) in [6, 6.07) is 0. The molecule has 0 spiro atoms. The van der Waals surface area contributed by atoms with Crippen molar-refractivity contribution >= 4 is 28.2 Å². The molecule has 0 aliphatic rings. The van der Waals surface area contributed by atoms with Crippen LogP contribution in [0.1, 0.15) is 46.8 Å². The number of carbonyl (C=O) groups excluding carboxylic acids is 1. The van der Waals surface area contributed by atoms with Gasteiger partial charge in [0.1, 0.15) is 4.88 Å². The van der Waals surface area contributed by atoms with E-state index in [0.717, 1.165) is 30.7 Å². The van der Waals surface area contributed by atoms with Gasteiger partial charge in [-0.05, 0) is 6.42 Å². The van der Waals surface area contributed by atoms with Crippen LogP contribution in [0.15, 0.2) is 0 Å². The maximum atomic E-state index is 11.2. The van der Waals surface area contributed by atoms with Gasteiger partial charge in [0.25, 0.3) is 0 Å². The van der Waals surface area contributed by atoms with Crippen molar-refractivity contribution in [3.8, 4) is 0 Å². The molecule has 0 saturated heterocycles. The number of carbonyl (C=O) groups is 2. The second-order valence-corrected chi connectivity index (χ2v) is 4.34. The zero-order valence-corrected chi connectivity index (χ0v) is 10.1. The molecule has 0 radical (unpaired) electrons. The van der Waals surface area contributed by atoms with Gasteiger partial charge < -0.3 is 10.4 Å². The number of unbranched alkanes of at least 4 members (excludes halogenated alkanes) is 1. The van der Waals surface area contributed by atoms with Crippen molar-refractivity contribution in [1.29, 1.82) is 0 Å². The number of hydrogen-bond acceptors (Lipinski definition) is 5. The number of hydrogen-bond donors (Lipinski definition) is 2. The summed E-state index contributed by atoms with van der Waals surface area (Å²) >= 11 is 1.09. The Bertz CT molecular complexity index is 369. The van der Waals surface area contributed by atoms with Crippen molar-refractivity contribution in [3.63, 3.8) is 0 Å². The number of Topliss-reactive ketones (excluding diaryl/α,β-unsaturated/α-hetero) is 1. The van der Waals surface area contributed by atoms with Gasteiger partial charge in [-0.15, -0.1) is 0 Å². The third-order valence-electron chi connectivity index (χ3n) is 1.96. The summed E-state index contributed by atoms with van der Waals surface area (Å²) in [5.74, 6) is -1.43. The summed E-state index contributed by atoms with van der Waals surface area (Å²) in [4.78, 5) is 26.1. The van der Waals surface area contributed by atoms with E-state index in [0.29, 0.717) is 5.13 Å². The van der Waals surface area contributed by atoms with E-state index in [9.17, 15) is 9.59 Å². The van der Waals surface area contributed by atoms with Crippen molar-refractivity contribution in [3.05, 3.63) is 10.6 Å². The summed E-state index contributed by atoms with van der Waals surface area (Å²) in [6.07, 6.45) is 2.03. The van der Waals surface area contributed by atoms with Crippen LogP contribution in [0.4, 0.5) is 5.13 Å². The minimum Gasteiger partial charge on any atom is -0.476 e. The van der Waals surface area contributed by atoms with Crippen LogP contribution >= 0.6 is 11.3 Å². The van der Waals surface area contributed by atoms with Crippen LogP contribution in [0.3, 0.4) is 0 Å². The minimum absolute atomic E-state index is 0.156. The molecule has 0 fully saturated rings. The molecule has 1 aromatic heterocycles. The number of anilines is 1. The fourth-order valence-corrected chi connectivity index (χ4v) is 2.03. The average Bonchev–Trinajstić information content (AvgIpc) is 2.62. The SMILES string of the molecule is CCCCNc1nc(C(=O)O)c(C(C)=O)s1. The molecule has 6 heteroatoms. The molecular weight excluding hydrogens is 228 g/mol. The van der Waals surface area contributed by atoms with Crippen molar-refractivity contribution in [2.75, 3.05) is 11.9 Å². The first kappa shape index (κ1) is 12.6. The second-order valence-electron chi connectivity index (χ2n) is 3.34. The molecule has 1 aromatic rings. The Morgan fingerprint density at radius 2 is 2.19 bits per heavy atom. The lowest BCUT2D eigenvalue weighted by molar-refractivity contribution is 0.0687. The lowest BCUT2D eigenvalue weighted by Gasteiger charge is -1.98. The van der Waals surface area contributed by atoms with Crippen molar-refractivity contribution in [2.45, 2.75) is 26.7 Å². The minimum atomic E-state index is -1.16. The Labute approximate surface area is 97.5 Å². The highest BCUT2D eigenvalue weighted by atomic mass is 32.1. The second kappa shape index (κ2) is 5.60. The predicted molar refractivity (Wildman–Crippen MR) is 62.5 cm³/mol. The molecule has 0 aliphatic carbocycles. The highest BCUT2D eigenvalue weighted by Crippen LogP contribution is 2.23. The molecule has 5 nitrogen and oxygen atoms in total. The summed E-state index contributed by atoms with van der Waals surface area (Å²) in [6.45, 7) is 4.14. The molecule has 0 amide bonds. The molecule has 0 bridgehead atoms. The number of nitrogens with zero attached hydrogens (tertiary/aromatic N) is 1. The quantitative estimate of drug-likeness (QED) is 0.591. The number of aromatic carboxylic acids is 1. The highest BCUT2D eigenvalue weighted by Gasteiger charge is 2.20. The predicted octanol–water partition coefficient (Wildman–Crippen LogP) is 2.26. The van der Waals surface area contributed by atoms with Crippen molar-refractivity contribution in [1.82, 2.24) is 4.98 Å². The summed E-state index contributed by atoms with van der Waals surface area (Å²) < 4.78 is 0.